The molecule has 0 saturated carbocycles. The van der Waals surface area contributed by atoms with Gasteiger partial charge in [-0.15, -0.1) is 0 Å². The molecule has 0 amide bonds. The largest absolute Gasteiger partial charge is 0.378 e. The quantitative estimate of drug-likeness (QED) is 0.470. The van der Waals surface area contributed by atoms with Gasteiger partial charge in [-0.05, 0) is 53.1 Å². The lowest BCUT2D eigenvalue weighted by Crippen LogP contribution is -2.36. The monoisotopic (exact) mass is 416 g/mol. The second-order valence-corrected chi connectivity index (χ2v) is 8.14. The van der Waals surface area contributed by atoms with Crippen LogP contribution >= 0.6 is 11.8 Å². The van der Waals surface area contributed by atoms with Gasteiger partial charge in [0.25, 0.3) is 0 Å². The molecule has 0 aliphatic carbocycles. The third-order valence-corrected chi connectivity index (χ3v) is 6.45. The summed E-state index contributed by atoms with van der Waals surface area (Å²) in [5, 5.41) is 3.56. The fourth-order valence-corrected chi connectivity index (χ4v) is 4.66. The Kier molecular flexibility index (Phi) is 6.21. The maximum absolute atomic E-state index is 8.00. The SMILES string of the molecule is C=C(c1ccc(N2CCOCC2)cc1)c1ccc2c(c1)Nc1ccccc1S2.C=O. The van der Waals surface area contributed by atoms with Crippen LogP contribution in [0.25, 0.3) is 5.57 Å². The van der Waals surface area contributed by atoms with Crippen LogP contribution in [0.2, 0.25) is 0 Å². The number of anilines is 3. The van der Waals surface area contributed by atoms with Gasteiger partial charge in [-0.3, -0.25) is 0 Å². The van der Waals surface area contributed by atoms with Crippen LogP contribution < -0.4 is 10.2 Å². The molecule has 5 heteroatoms. The molecule has 0 bridgehead atoms. The molecule has 1 fully saturated rings. The number of nitrogens with one attached hydrogen (secondary N) is 1. The molecule has 3 aromatic carbocycles. The Balaban J connectivity index is 0.00000106. The second-order valence-electron chi connectivity index (χ2n) is 7.06. The van der Waals surface area contributed by atoms with Crippen LogP contribution in [0, 0.1) is 0 Å². The van der Waals surface area contributed by atoms with Gasteiger partial charge in [-0.2, -0.15) is 0 Å². The normalized spacial score (nSPS) is 14.5. The van der Waals surface area contributed by atoms with E-state index in [1.165, 1.54) is 15.5 Å². The van der Waals surface area contributed by atoms with Crippen molar-refractivity contribution >= 4 is 41.2 Å². The molecule has 1 saturated heterocycles. The van der Waals surface area contributed by atoms with Crippen LogP contribution in [0.5, 0.6) is 0 Å². The standard InChI is InChI=1S/C24H22N2OS.CH2O/c1-17(18-6-9-20(10-7-18)26-12-14-27-15-13-26)19-8-11-24-22(16-19)25-21-4-2-3-5-23(21)28-24;1-2/h2-11,16,25H,1,12-15H2;1H2. The van der Waals surface area contributed by atoms with Gasteiger partial charge in [0.15, 0.2) is 0 Å². The molecule has 2 aliphatic heterocycles. The zero-order valence-electron chi connectivity index (χ0n) is 16.8. The number of nitrogens with zero attached hydrogens (tertiary/aromatic N) is 1. The highest BCUT2D eigenvalue weighted by molar-refractivity contribution is 7.99. The predicted octanol–water partition coefficient (Wildman–Crippen LogP) is 5.61. The van der Waals surface area contributed by atoms with Crippen LogP contribution in [0.4, 0.5) is 17.1 Å². The Hall–Kier alpha value is -3.02. The summed E-state index contributed by atoms with van der Waals surface area (Å²) in [6.45, 7) is 9.88. The van der Waals surface area contributed by atoms with Crippen molar-refractivity contribution in [3.63, 3.8) is 0 Å². The van der Waals surface area contributed by atoms with E-state index < -0.39 is 0 Å². The van der Waals surface area contributed by atoms with Crippen LogP contribution in [0.15, 0.2) is 83.1 Å². The van der Waals surface area contributed by atoms with Gasteiger partial charge >= 0.3 is 0 Å². The molecule has 4 nitrogen and oxygen atoms in total. The van der Waals surface area contributed by atoms with Crippen molar-refractivity contribution in [3.8, 4) is 0 Å². The van der Waals surface area contributed by atoms with Gasteiger partial charge in [0.1, 0.15) is 6.79 Å². The first-order chi connectivity index (χ1) is 14.8. The number of morpholine rings is 1. The lowest BCUT2D eigenvalue weighted by atomic mass is 9.98. The van der Waals surface area contributed by atoms with Crippen molar-refractivity contribution in [1.29, 1.82) is 0 Å². The van der Waals surface area contributed by atoms with Gasteiger partial charge in [0, 0.05) is 28.6 Å². The maximum atomic E-state index is 8.00. The van der Waals surface area contributed by atoms with E-state index in [4.69, 9.17) is 9.53 Å². The number of carbonyl (C=O) groups excluding carboxylic acids is 1. The Morgan fingerprint density at radius 3 is 2.30 bits per heavy atom. The van der Waals surface area contributed by atoms with Crippen molar-refractivity contribution in [2.24, 2.45) is 0 Å². The lowest BCUT2D eigenvalue weighted by molar-refractivity contribution is -0.0979. The highest BCUT2D eigenvalue weighted by Crippen LogP contribution is 2.44. The van der Waals surface area contributed by atoms with Crippen LogP contribution in [-0.2, 0) is 9.53 Å². The number of rotatable bonds is 3. The summed E-state index contributed by atoms with van der Waals surface area (Å²) < 4.78 is 5.44. The molecule has 0 atom stereocenters. The minimum absolute atomic E-state index is 0.803. The first kappa shape index (κ1) is 20.3. The average Bonchev–Trinajstić information content (AvgIpc) is 2.84. The molecule has 0 unspecified atom stereocenters. The number of carbonyl (C=O) groups is 1. The maximum Gasteiger partial charge on any atom is 0.106 e. The highest BCUT2D eigenvalue weighted by Gasteiger charge is 2.16. The molecular weight excluding hydrogens is 392 g/mol. The number of ether oxygens (including phenoxy) is 1. The summed E-state index contributed by atoms with van der Waals surface area (Å²) in [6.07, 6.45) is 0. The van der Waals surface area contributed by atoms with Crippen molar-refractivity contribution in [2.45, 2.75) is 9.79 Å². The zero-order chi connectivity index (χ0) is 20.9. The van der Waals surface area contributed by atoms with Gasteiger partial charge in [-0.1, -0.05) is 48.7 Å². The predicted molar refractivity (Wildman–Crippen MR) is 125 cm³/mol. The first-order valence-corrected chi connectivity index (χ1v) is 10.7. The summed E-state index contributed by atoms with van der Waals surface area (Å²) >= 11 is 1.81. The number of fused-ring (bicyclic) bond motifs is 2. The number of hydrogen-bond acceptors (Lipinski definition) is 5. The van der Waals surface area contributed by atoms with E-state index in [1.807, 2.05) is 18.6 Å². The van der Waals surface area contributed by atoms with Gasteiger partial charge < -0.3 is 19.7 Å². The number of para-hydroxylation sites is 1. The molecular formula is C25H24N2O2S. The lowest BCUT2D eigenvalue weighted by Gasteiger charge is -2.29. The van der Waals surface area contributed by atoms with E-state index in [1.54, 1.807) is 0 Å². The average molecular weight is 417 g/mol. The van der Waals surface area contributed by atoms with Gasteiger partial charge in [-0.25, -0.2) is 0 Å². The molecule has 152 valence electrons. The second kappa shape index (κ2) is 9.20. The number of hydrogen-bond donors (Lipinski definition) is 1. The van der Waals surface area contributed by atoms with Crippen LogP contribution in [0.1, 0.15) is 11.1 Å². The van der Waals surface area contributed by atoms with E-state index in [-0.39, 0.29) is 0 Å². The van der Waals surface area contributed by atoms with E-state index >= 15 is 0 Å². The Labute approximate surface area is 181 Å². The molecule has 0 radical (unpaired) electrons. The summed E-state index contributed by atoms with van der Waals surface area (Å²) in [5.41, 5.74) is 6.90. The van der Waals surface area contributed by atoms with E-state index in [0.717, 1.165) is 54.4 Å². The summed E-state index contributed by atoms with van der Waals surface area (Å²) in [5.74, 6) is 0. The molecule has 0 aromatic heterocycles. The highest BCUT2D eigenvalue weighted by atomic mass is 32.2. The summed E-state index contributed by atoms with van der Waals surface area (Å²) in [6, 6.07) is 23.7. The van der Waals surface area contributed by atoms with Crippen molar-refractivity contribution in [2.75, 3.05) is 36.5 Å². The molecule has 3 aromatic rings. The summed E-state index contributed by atoms with van der Waals surface area (Å²) in [4.78, 5) is 12.9. The Morgan fingerprint density at radius 2 is 1.53 bits per heavy atom. The van der Waals surface area contributed by atoms with Crippen molar-refractivity contribution in [3.05, 3.63) is 84.4 Å². The smallest absolute Gasteiger partial charge is 0.106 e. The fourth-order valence-electron chi connectivity index (χ4n) is 3.69. The van der Waals surface area contributed by atoms with Gasteiger partial charge in [0.05, 0.1) is 24.6 Å². The third-order valence-electron chi connectivity index (χ3n) is 5.30. The Bertz CT molecular complexity index is 1040. The van der Waals surface area contributed by atoms with Crippen LogP contribution in [-0.4, -0.2) is 33.1 Å². The molecule has 1 N–H and O–H groups in total. The Morgan fingerprint density at radius 1 is 0.867 bits per heavy atom. The molecule has 5 rings (SSSR count). The van der Waals surface area contributed by atoms with Gasteiger partial charge in [0.2, 0.25) is 0 Å². The van der Waals surface area contributed by atoms with Crippen LogP contribution in [0.3, 0.4) is 0 Å². The van der Waals surface area contributed by atoms with E-state index in [2.05, 4.69) is 83.5 Å². The van der Waals surface area contributed by atoms with E-state index in [9.17, 15) is 0 Å². The first-order valence-electron chi connectivity index (χ1n) is 9.87. The molecule has 2 aliphatic rings. The topological polar surface area (TPSA) is 41.6 Å². The molecule has 0 spiro atoms. The molecule has 30 heavy (non-hydrogen) atoms. The van der Waals surface area contributed by atoms with E-state index in [0.29, 0.717) is 0 Å². The molecule has 2 heterocycles. The number of benzene rings is 3. The minimum atomic E-state index is 0.803. The third kappa shape index (κ3) is 4.13. The minimum Gasteiger partial charge on any atom is -0.378 e. The summed E-state index contributed by atoms with van der Waals surface area (Å²) in [7, 11) is 0. The van der Waals surface area contributed by atoms with Crippen molar-refractivity contribution < 1.29 is 9.53 Å². The fraction of sp³-hybridized carbons (Fsp3) is 0.160. The van der Waals surface area contributed by atoms with Crippen molar-refractivity contribution in [1.82, 2.24) is 0 Å². The zero-order valence-corrected chi connectivity index (χ0v) is 17.6.